The molecule has 0 spiro atoms. The van der Waals surface area contributed by atoms with Crippen LogP contribution in [0.3, 0.4) is 0 Å². The number of rotatable bonds is 0. The number of hydroxylamine groups is 1. The minimum atomic E-state index is -5.08. The van der Waals surface area contributed by atoms with E-state index in [1.54, 1.807) is 5.48 Å². The number of carboxylic acids is 1. The summed E-state index contributed by atoms with van der Waals surface area (Å²) < 4.78 is 31.7. The molecule has 10 heavy (non-hydrogen) atoms. The van der Waals surface area contributed by atoms with E-state index in [0.29, 0.717) is 0 Å². The average molecular weight is 161 g/mol. The average Bonchev–Trinajstić information content (AvgIpc) is 1.64. The van der Waals surface area contributed by atoms with E-state index in [1.165, 1.54) is 7.05 Å². The Morgan fingerprint density at radius 1 is 1.50 bits per heavy atom. The molecule has 0 rings (SSSR count). The molecule has 0 heterocycles. The molecule has 0 aliphatic heterocycles. The summed E-state index contributed by atoms with van der Waals surface area (Å²) in [6, 6.07) is 0. The molecule has 0 amide bonds. The van der Waals surface area contributed by atoms with E-state index in [-0.39, 0.29) is 0 Å². The smallest absolute Gasteiger partial charge is 0.475 e. The SMILES string of the molecule is CNO.O=C(O)C(F)(F)F. The first kappa shape index (κ1) is 11.9. The number of carbonyl (C=O) groups is 1. The summed E-state index contributed by atoms with van der Waals surface area (Å²) in [6.45, 7) is 0. The van der Waals surface area contributed by atoms with E-state index < -0.39 is 12.1 Å². The number of halogens is 3. The summed E-state index contributed by atoms with van der Waals surface area (Å²) in [7, 11) is 1.43. The van der Waals surface area contributed by atoms with Gasteiger partial charge < -0.3 is 10.3 Å². The quantitative estimate of drug-likeness (QED) is 0.445. The third-order valence-corrected chi connectivity index (χ3v) is 0.243. The number of alkyl halides is 3. The molecule has 0 radical (unpaired) electrons. The Labute approximate surface area is 54.2 Å². The highest BCUT2D eigenvalue weighted by molar-refractivity contribution is 5.73. The van der Waals surface area contributed by atoms with Crippen LogP contribution >= 0.6 is 0 Å². The predicted octanol–water partition coefficient (Wildman–Crippen LogP) is 0.228. The van der Waals surface area contributed by atoms with Crippen LogP contribution in [-0.2, 0) is 4.79 Å². The Balaban J connectivity index is 0. The van der Waals surface area contributed by atoms with Crippen molar-refractivity contribution in [1.82, 2.24) is 5.48 Å². The van der Waals surface area contributed by atoms with Gasteiger partial charge in [0.1, 0.15) is 0 Å². The van der Waals surface area contributed by atoms with E-state index >= 15 is 0 Å². The summed E-state index contributed by atoms with van der Waals surface area (Å²) in [5.41, 5.74) is 1.75. The number of nitrogens with one attached hydrogen (secondary N) is 1. The Hall–Kier alpha value is -0.820. The molecule has 0 aliphatic rings. The number of hydrogen-bond acceptors (Lipinski definition) is 3. The molecule has 0 saturated carbocycles. The first-order valence-electron chi connectivity index (χ1n) is 1.97. The van der Waals surface area contributed by atoms with Crippen LogP contribution in [0.4, 0.5) is 13.2 Å². The van der Waals surface area contributed by atoms with Crippen LogP contribution in [0.25, 0.3) is 0 Å². The van der Waals surface area contributed by atoms with Crippen molar-refractivity contribution in [2.75, 3.05) is 7.05 Å². The molecule has 0 bridgehead atoms. The Bertz CT molecular complexity index is 102. The molecule has 3 N–H and O–H groups in total. The van der Waals surface area contributed by atoms with Gasteiger partial charge in [-0.05, 0) is 0 Å². The molecule has 0 atom stereocenters. The second-order valence-corrected chi connectivity index (χ2v) is 1.03. The van der Waals surface area contributed by atoms with Gasteiger partial charge in [-0.2, -0.15) is 13.2 Å². The van der Waals surface area contributed by atoms with Gasteiger partial charge in [0, 0.05) is 7.05 Å². The highest BCUT2D eigenvalue weighted by atomic mass is 19.4. The van der Waals surface area contributed by atoms with Crippen molar-refractivity contribution in [3.8, 4) is 0 Å². The zero-order chi connectivity index (χ0) is 8.78. The molecular formula is C3H6F3NO3. The Kier molecular flexibility index (Phi) is 5.96. The Morgan fingerprint density at radius 3 is 1.60 bits per heavy atom. The third kappa shape index (κ3) is 10.2. The van der Waals surface area contributed by atoms with Crippen molar-refractivity contribution in [2.45, 2.75) is 6.18 Å². The molecule has 0 fully saturated rings. The maximum Gasteiger partial charge on any atom is 0.490 e. The van der Waals surface area contributed by atoms with Crippen LogP contribution in [0.5, 0.6) is 0 Å². The van der Waals surface area contributed by atoms with Gasteiger partial charge in [-0.15, -0.1) is 0 Å². The third-order valence-electron chi connectivity index (χ3n) is 0.243. The summed E-state index contributed by atoms with van der Waals surface area (Å²) in [5, 5.41) is 14.4. The lowest BCUT2D eigenvalue weighted by molar-refractivity contribution is -0.192. The van der Waals surface area contributed by atoms with Gasteiger partial charge >= 0.3 is 12.1 Å². The van der Waals surface area contributed by atoms with Crippen molar-refractivity contribution in [1.29, 1.82) is 0 Å². The van der Waals surface area contributed by atoms with Crippen molar-refractivity contribution in [2.24, 2.45) is 0 Å². The summed E-state index contributed by atoms with van der Waals surface area (Å²) in [5.74, 6) is -2.76. The van der Waals surface area contributed by atoms with Crippen molar-refractivity contribution in [3.05, 3.63) is 0 Å². The Morgan fingerprint density at radius 2 is 1.60 bits per heavy atom. The largest absolute Gasteiger partial charge is 0.490 e. The van der Waals surface area contributed by atoms with Gasteiger partial charge in [0.25, 0.3) is 0 Å². The predicted molar refractivity (Wildman–Crippen MR) is 24.5 cm³/mol. The number of hydrogen-bond donors (Lipinski definition) is 3. The molecule has 62 valence electrons. The maximum absolute atomic E-state index is 10.6. The molecule has 7 heteroatoms. The van der Waals surface area contributed by atoms with Crippen LogP contribution in [0.15, 0.2) is 0 Å². The van der Waals surface area contributed by atoms with E-state index in [1.807, 2.05) is 0 Å². The first-order chi connectivity index (χ1) is 4.36. The summed E-state index contributed by atoms with van der Waals surface area (Å²) in [4.78, 5) is 8.90. The topological polar surface area (TPSA) is 69.6 Å². The molecule has 0 aromatic heterocycles. The lowest BCUT2D eigenvalue weighted by atomic mass is 10.7. The molecule has 0 saturated heterocycles. The zero-order valence-electron chi connectivity index (χ0n) is 4.94. The van der Waals surface area contributed by atoms with Crippen molar-refractivity contribution < 1.29 is 28.3 Å². The highest BCUT2D eigenvalue weighted by Gasteiger charge is 2.38. The van der Waals surface area contributed by atoms with Crippen LogP contribution in [0.1, 0.15) is 0 Å². The molecular weight excluding hydrogens is 155 g/mol. The van der Waals surface area contributed by atoms with Crippen LogP contribution in [0, 0.1) is 0 Å². The highest BCUT2D eigenvalue weighted by Crippen LogP contribution is 2.13. The molecule has 4 nitrogen and oxygen atoms in total. The monoisotopic (exact) mass is 161 g/mol. The van der Waals surface area contributed by atoms with Gasteiger partial charge in [0.05, 0.1) is 0 Å². The maximum atomic E-state index is 10.6. The van der Waals surface area contributed by atoms with Gasteiger partial charge in [0.2, 0.25) is 0 Å². The molecule has 0 aromatic carbocycles. The molecule has 0 aliphatic carbocycles. The number of aliphatic carboxylic acids is 1. The van der Waals surface area contributed by atoms with E-state index in [0.717, 1.165) is 0 Å². The molecule has 0 unspecified atom stereocenters. The van der Waals surface area contributed by atoms with E-state index in [4.69, 9.17) is 15.1 Å². The lowest BCUT2D eigenvalue weighted by Gasteiger charge is -1.93. The van der Waals surface area contributed by atoms with Gasteiger partial charge in [-0.1, -0.05) is 0 Å². The fourth-order valence-electron chi connectivity index (χ4n) is 0. The van der Waals surface area contributed by atoms with Crippen LogP contribution < -0.4 is 5.48 Å². The van der Waals surface area contributed by atoms with Crippen LogP contribution in [0.2, 0.25) is 0 Å². The standard InChI is InChI=1S/C2HF3O2.CH5NO/c3-2(4,5)1(6)7;1-2-3/h(H,6,7);2-3H,1H3. The van der Waals surface area contributed by atoms with Gasteiger partial charge in [-0.25, -0.2) is 10.3 Å². The van der Waals surface area contributed by atoms with E-state index in [9.17, 15) is 13.2 Å². The van der Waals surface area contributed by atoms with Gasteiger partial charge in [-0.3, -0.25) is 0 Å². The van der Waals surface area contributed by atoms with Crippen molar-refractivity contribution >= 4 is 5.97 Å². The fourth-order valence-corrected chi connectivity index (χ4v) is 0. The lowest BCUT2D eigenvalue weighted by Crippen LogP contribution is -2.21. The second kappa shape index (κ2) is 5.00. The summed E-state index contributed by atoms with van der Waals surface area (Å²) in [6.07, 6.45) is -5.08. The minimum Gasteiger partial charge on any atom is -0.475 e. The second-order valence-electron chi connectivity index (χ2n) is 1.03. The molecule has 0 aromatic rings. The fraction of sp³-hybridized carbons (Fsp3) is 0.667. The van der Waals surface area contributed by atoms with E-state index in [2.05, 4.69) is 0 Å². The normalized spacial score (nSPS) is 9.70. The summed E-state index contributed by atoms with van der Waals surface area (Å²) >= 11 is 0. The number of carboxylic acid groups (broad SMARTS) is 1. The first-order valence-corrected chi connectivity index (χ1v) is 1.97. The zero-order valence-corrected chi connectivity index (χ0v) is 4.94. The van der Waals surface area contributed by atoms with Crippen LogP contribution in [-0.4, -0.2) is 29.5 Å². The minimum absolute atomic E-state index is 1.43. The van der Waals surface area contributed by atoms with Crippen molar-refractivity contribution in [3.63, 3.8) is 0 Å². The van der Waals surface area contributed by atoms with Gasteiger partial charge in [0.15, 0.2) is 0 Å².